The first-order chi connectivity index (χ1) is 4.33. The van der Waals surface area contributed by atoms with E-state index >= 15 is 0 Å². The van der Waals surface area contributed by atoms with E-state index in [0.717, 1.165) is 4.90 Å². The van der Waals surface area contributed by atoms with Crippen molar-refractivity contribution in [3.63, 3.8) is 0 Å². The largest absolute Gasteiger partial charge is 0.244 e. The number of pyridine rings is 1. The number of nitrogens with zero attached hydrogens (tertiary/aromatic N) is 1. The third-order valence-electron chi connectivity index (χ3n) is 0.865. The van der Waals surface area contributed by atoms with Crippen molar-refractivity contribution in [3.05, 3.63) is 23.5 Å². The van der Waals surface area contributed by atoms with Gasteiger partial charge in [-0.2, -0.15) is 0 Å². The second-order valence-corrected chi connectivity index (χ2v) is 2.67. The summed E-state index contributed by atoms with van der Waals surface area (Å²) in [6, 6.07) is 4.71. The first-order valence-corrected chi connectivity index (χ1v) is 4.00. The smallest absolute Gasteiger partial charge is 0.130 e. The normalized spacial score (nSPS) is 9.56. The van der Waals surface area contributed by atoms with Crippen LogP contribution in [0.15, 0.2) is 17.2 Å². The van der Waals surface area contributed by atoms with E-state index in [1.54, 1.807) is 24.0 Å². The average molecular weight is 159 g/mol. The summed E-state index contributed by atoms with van der Waals surface area (Å²) in [4.78, 5) is 4.81. The van der Waals surface area contributed by atoms with Gasteiger partial charge >= 0.3 is 0 Å². The highest BCUT2D eigenvalue weighted by atomic mass is 35.5. The van der Waals surface area contributed by atoms with Gasteiger partial charge in [-0.25, -0.2) is 4.98 Å². The molecule has 3 heteroatoms. The molecule has 0 fully saturated rings. The molecule has 0 unspecified atom stereocenters. The standard InChI is InChI=1S/C6H5ClNS/c1-9-5-2-3-8-6(7)4-5/h3-4H,1H3. The first kappa shape index (κ1) is 6.90. The Morgan fingerprint density at radius 3 is 3.00 bits per heavy atom. The van der Waals surface area contributed by atoms with Crippen molar-refractivity contribution in [2.45, 2.75) is 4.90 Å². The lowest BCUT2D eigenvalue weighted by molar-refractivity contribution is 1.25. The SMILES string of the molecule is CSc1[c]cnc(Cl)c1. The molecule has 0 aliphatic carbocycles. The zero-order chi connectivity index (χ0) is 6.69. The van der Waals surface area contributed by atoms with Crippen LogP contribution in [0.2, 0.25) is 5.15 Å². The predicted molar refractivity (Wildman–Crippen MR) is 39.9 cm³/mol. The van der Waals surface area contributed by atoms with Gasteiger partial charge in [-0.3, -0.25) is 0 Å². The van der Waals surface area contributed by atoms with Crippen LogP contribution in [-0.2, 0) is 0 Å². The van der Waals surface area contributed by atoms with Crippen LogP contribution in [-0.4, -0.2) is 11.2 Å². The van der Waals surface area contributed by atoms with Gasteiger partial charge in [0.2, 0.25) is 0 Å². The second-order valence-electron chi connectivity index (χ2n) is 1.44. The van der Waals surface area contributed by atoms with Crippen molar-refractivity contribution in [3.8, 4) is 0 Å². The minimum Gasteiger partial charge on any atom is -0.244 e. The van der Waals surface area contributed by atoms with Gasteiger partial charge in [0.25, 0.3) is 0 Å². The number of rotatable bonds is 1. The molecule has 0 bridgehead atoms. The van der Waals surface area contributed by atoms with Crippen molar-refractivity contribution in [1.29, 1.82) is 0 Å². The van der Waals surface area contributed by atoms with Gasteiger partial charge in [-0.05, 0) is 12.3 Å². The molecule has 9 heavy (non-hydrogen) atoms. The summed E-state index contributed by atoms with van der Waals surface area (Å²) in [7, 11) is 0. The second kappa shape index (κ2) is 3.08. The maximum Gasteiger partial charge on any atom is 0.130 e. The molecule has 0 spiro atoms. The average Bonchev–Trinajstić information content (AvgIpc) is 1.88. The van der Waals surface area contributed by atoms with Crippen molar-refractivity contribution in [2.75, 3.05) is 6.26 Å². The van der Waals surface area contributed by atoms with Crippen molar-refractivity contribution in [2.24, 2.45) is 0 Å². The van der Waals surface area contributed by atoms with Crippen LogP contribution >= 0.6 is 23.4 Å². The summed E-state index contributed by atoms with van der Waals surface area (Å²) >= 11 is 7.18. The van der Waals surface area contributed by atoms with E-state index < -0.39 is 0 Å². The molecule has 1 heterocycles. The van der Waals surface area contributed by atoms with Crippen LogP contribution in [0.25, 0.3) is 0 Å². The predicted octanol–water partition coefficient (Wildman–Crippen LogP) is 2.26. The number of halogens is 1. The topological polar surface area (TPSA) is 12.9 Å². The fourth-order valence-corrected chi connectivity index (χ4v) is 1.09. The highest BCUT2D eigenvalue weighted by Gasteiger charge is 1.90. The van der Waals surface area contributed by atoms with E-state index in [9.17, 15) is 0 Å². The van der Waals surface area contributed by atoms with Crippen molar-refractivity contribution >= 4 is 23.4 Å². The summed E-state index contributed by atoms with van der Waals surface area (Å²) in [5.41, 5.74) is 0. The van der Waals surface area contributed by atoms with Gasteiger partial charge < -0.3 is 0 Å². The van der Waals surface area contributed by atoms with Crippen LogP contribution < -0.4 is 0 Å². The van der Waals surface area contributed by atoms with Crippen molar-refractivity contribution < 1.29 is 0 Å². The van der Waals surface area contributed by atoms with Crippen molar-refractivity contribution in [1.82, 2.24) is 4.98 Å². The number of aromatic nitrogens is 1. The summed E-state index contributed by atoms with van der Waals surface area (Å²) in [5, 5.41) is 0.526. The van der Waals surface area contributed by atoms with Crippen LogP contribution in [0.4, 0.5) is 0 Å². The summed E-state index contributed by atoms with van der Waals surface area (Å²) in [6.07, 6.45) is 3.55. The Labute approximate surface area is 63.4 Å². The van der Waals surface area contributed by atoms with E-state index in [1.807, 2.05) is 6.26 Å². The highest BCUT2D eigenvalue weighted by Crippen LogP contribution is 2.15. The van der Waals surface area contributed by atoms with Crippen LogP contribution in [0.3, 0.4) is 0 Å². The lowest BCUT2D eigenvalue weighted by Gasteiger charge is -1.91. The number of hydrogen-bond acceptors (Lipinski definition) is 2. The summed E-state index contributed by atoms with van der Waals surface area (Å²) in [5.74, 6) is 0. The molecule has 1 rings (SSSR count). The Bertz CT molecular complexity index is 202. The maximum absolute atomic E-state index is 5.58. The molecule has 47 valence electrons. The van der Waals surface area contributed by atoms with Crippen LogP contribution in [0, 0.1) is 6.07 Å². The number of thioether (sulfide) groups is 1. The molecule has 1 aromatic rings. The minimum absolute atomic E-state index is 0.526. The lowest BCUT2D eigenvalue weighted by atomic mass is 10.5. The third kappa shape index (κ3) is 1.88. The maximum atomic E-state index is 5.58. The minimum atomic E-state index is 0.526. The summed E-state index contributed by atoms with van der Waals surface area (Å²) < 4.78 is 0. The van der Waals surface area contributed by atoms with Crippen LogP contribution in [0.5, 0.6) is 0 Å². The van der Waals surface area contributed by atoms with E-state index in [1.165, 1.54) is 0 Å². The molecular weight excluding hydrogens is 154 g/mol. The van der Waals surface area contributed by atoms with E-state index in [0.29, 0.717) is 5.15 Å². The molecule has 0 N–H and O–H groups in total. The molecule has 0 saturated heterocycles. The Balaban J connectivity index is 2.94. The van der Waals surface area contributed by atoms with Gasteiger partial charge in [-0.15, -0.1) is 11.8 Å². The fraction of sp³-hybridized carbons (Fsp3) is 0.167. The molecule has 1 aromatic heterocycles. The Morgan fingerprint density at radius 1 is 1.78 bits per heavy atom. The van der Waals surface area contributed by atoms with E-state index in [4.69, 9.17) is 11.6 Å². The lowest BCUT2D eigenvalue weighted by Crippen LogP contribution is -1.73. The Morgan fingerprint density at radius 2 is 2.56 bits per heavy atom. The zero-order valence-electron chi connectivity index (χ0n) is 4.89. The highest BCUT2D eigenvalue weighted by molar-refractivity contribution is 7.98. The summed E-state index contributed by atoms with van der Waals surface area (Å²) in [6.45, 7) is 0. The molecular formula is C6H5ClNS. The monoisotopic (exact) mass is 158 g/mol. The van der Waals surface area contributed by atoms with Gasteiger partial charge in [-0.1, -0.05) is 11.6 Å². The zero-order valence-corrected chi connectivity index (χ0v) is 6.46. The van der Waals surface area contributed by atoms with Crippen LogP contribution in [0.1, 0.15) is 0 Å². The fourth-order valence-electron chi connectivity index (χ4n) is 0.463. The molecule has 0 saturated carbocycles. The molecule has 1 nitrogen and oxygen atoms in total. The molecule has 0 aliphatic rings. The van der Waals surface area contributed by atoms with Gasteiger partial charge in [0.15, 0.2) is 0 Å². The van der Waals surface area contributed by atoms with E-state index in [-0.39, 0.29) is 0 Å². The molecule has 0 aliphatic heterocycles. The van der Waals surface area contributed by atoms with Gasteiger partial charge in [0, 0.05) is 17.2 Å². The first-order valence-electron chi connectivity index (χ1n) is 2.40. The molecule has 0 atom stereocenters. The van der Waals surface area contributed by atoms with Gasteiger partial charge in [0.1, 0.15) is 5.15 Å². The molecule has 0 amide bonds. The van der Waals surface area contributed by atoms with Gasteiger partial charge in [0.05, 0.1) is 0 Å². The third-order valence-corrected chi connectivity index (χ3v) is 1.75. The Hall–Kier alpha value is -0.210. The quantitative estimate of drug-likeness (QED) is 0.460. The number of hydrogen-bond donors (Lipinski definition) is 0. The molecule has 1 radical (unpaired) electrons. The van der Waals surface area contributed by atoms with E-state index in [2.05, 4.69) is 11.1 Å². The molecule has 0 aromatic carbocycles. The Kier molecular flexibility index (Phi) is 2.37.